The molecule has 0 saturated heterocycles. The Morgan fingerprint density at radius 1 is 0.729 bits per heavy atom. The summed E-state index contributed by atoms with van der Waals surface area (Å²) < 4.78 is 54.6. The van der Waals surface area contributed by atoms with Crippen molar-refractivity contribution < 1.29 is 37.2 Å². The van der Waals surface area contributed by atoms with Crippen LogP contribution in [0, 0.1) is 5.82 Å². The van der Waals surface area contributed by atoms with E-state index in [4.69, 9.17) is 32.8 Å². The third kappa shape index (κ3) is 5.99. The molecule has 2 N–H and O–H groups in total. The zero-order valence-corrected chi connectivity index (χ0v) is 27.4. The van der Waals surface area contributed by atoms with Gasteiger partial charge in [0.25, 0.3) is 0 Å². The highest BCUT2D eigenvalue weighted by atomic mass is 19.1. The van der Waals surface area contributed by atoms with Gasteiger partial charge in [-0.3, -0.25) is 4.79 Å². The molecule has 2 heterocycles. The molecule has 0 bridgehead atoms. The normalized spacial score (nSPS) is 12.9. The number of benzene rings is 4. The van der Waals surface area contributed by atoms with Gasteiger partial charge in [0.1, 0.15) is 33.9 Å². The van der Waals surface area contributed by atoms with Crippen LogP contribution in [0.3, 0.4) is 0 Å². The summed E-state index contributed by atoms with van der Waals surface area (Å²) in [6.45, 7) is 0.193. The number of para-hydroxylation sites is 2. The van der Waals surface area contributed by atoms with Crippen LogP contribution in [0.2, 0.25) is 0 Å². The molecule has 0 spiro atoms. The van der Waals surface area contributed by atoms with Crippen LogP contribution in [0.4, 0.5) is 15.8 Å². The number of hydrogen-bond acceptors (Lipinski definition) is 10. The monoisotopic (exact) mass is 656 g/mol. The first-order chi connectivity index (χ1) is 23.3. The molecule has 11 heteroatoms. The highest BCUT2D eigenvalue weighted by Crippen LogP contribution is 2.45. The maximum atomic E-state index is 14.4. The highest BCUT2D eigenvalue weighted by molar-refractivity contribution is 5.89. The van der Waals surface area contributed by atoms with Crippen LogP contribution in [0.25, 0.3) is 22.3 Å². The number of nitrogens with one attached hydrogen (secondary N) is 2. The van der Waals surface area contributed by atoms with E-state index in [-0.39, 0.29) is 40.7 Å². The van der Waals surface area contributed by atoms with Gasteiger partial charge in [-0.1, -0.05) is 24.3 Å². The van der Waals surface area contributed by atoms with Gasteiger partial charge in [-0.25, -0.2) is 4.39 Å². The smallest absolute Gasteiger partial charge is 0.239 e. The van der Waals surface area contributed by atoms with E-state index < -0.39 is 11.1 Å². The Hall–Kier alpha value is -5.58. The number of fused-ring (bicyclic) bond motifs is 2. The maximum absolute atomic E-state index is 14.4. The van der Waals surface area contributed by atoms with Gasteiger partial charge >= 0.3 is 0 Å². The molecule has 1 aromatic heterocycles. The predicted molar refractivity (Wildman–Crippen MR) is 182 cm³/mol. The molecule has 0 unspecified atom stereocenters. The lowest BCUT2D eigenvalue weighted by molar-refractivity contribution is 0.292. The molecule has 48 heavy (non-hydrogen) atoms. The Kier molecular flexibility index (Phi) is 9.20. The third-order valence-electron chi connectivity index (χ3n) is 8.41. The lowest BCUT2D eigenvalue weighted by Gasteiger charge is -2.32. The molecule has 6 rings (SSSR count). The molecule has 0 saturated carbocycles. The number of anilines is 2. The zero-order valence-electron chi connectivity index (χ0n) is 27.4. The number of halogens is 1. The Morgan fingerprint density at radius 2 is 1.42 bits per heavy atom. The van der Waals surface area contributed by atoms with E-state index in [0.717, 1.165) is 16.9 Å². The summed E-state index contributed by atoms with van der Waals surface area (Å²) in [4.78, 5) is 14.2. The molecular weight excluding hydrogens is 619 g/mol. The minimum atomic E-state index is -0.721. The fraction of sp³-hybridized carbons (Fsp3) is 0.270. The molecule has 10 nitrogen and oxygen atoms in total. The van der Waals surface area contributed by atoms with E-state index in [1.165, 1.54) is 47.7 Å². The Balaban J connectivity index is 1.32. The first kappa shape index (κ1) is 32.4. The summed E-state index contributed by atoms with van der Waals surface area (Å²) in [6, 6.07) is 21.1. The molecule has 1 aliphatic heterocycles. The number of ether oxygens (including phenoxy) is 6. The van der Waals surface area contributed by atoms with E-state index in [0.29, 0.717) is 47.8 Å². The van der Waals surface area contributed by atoms with Crippen LogP contribution in [0.5, 0.6) is 34.5 Å². The maximum Gasteiger partial charge on any atom is 0.239 e. The summed E-state index contributed by atoms with van der Waals surface area (Å²) in [5.74, 6) is 1.75. The molecule has 4 aromatic carbocycles. The number of rotatable bonds is 13. The van der Waals surface area contributed by atoms with E-state index in [9.17, 15) is 9.18 Å². The highest BCUT2D eigenvalue weighted by Gasteiger charge is 2.37. The van der Waals surface area contributed by atoms with Gasteiger partial charge in [-0.15, -0.1) is 0 Å². The van der Waals surface area contributed by atoms with Crippen LogP contribution >= 0.6 is 0 Å². The summed E-state index contributed by atoms with van der Waals surface area (Å²) in [5.41, 5.74) is 2.25. The number of unbranched alkanes of at least 4 members (excludes halogenated alkanes) is 1. The molecule has 0 aliphatic carbocycles. The Bertz CT molecular complexity index is 1960. The minimum absolute atomic E-state index is 0.00426. The Morgan fingerprint density at radius 3 is 2.02 bits per heavy atom. The lowest BCUT2D eigenvalue weighted by atomic mass is 9.94. The largest absolute Gasteiger partial charge is 0.496 e. The van der Waals surface area contributed by atoms with Crippen LogP contribution in [0.15, 0.2) is 82.0 Å². The molecule has 0 amide bonds. The van der Waals surface area contributed by atoms with Gasteiger partial charge in [0.05, 0.1) is 53.5 Å². The summed E-state index contributed by atoms with van der Waals surface area (Å²) in [7, 11) is 7.52. The number of hydrogen-bond donors (Lipinski definition) is 2. The fourth-order valence-corrected chi connectivity index (χ4v) is 6.08. The van der Waals surface area contributed by atoms with Crippen LogP contribution in [0.1, 0.15) is 24.8 Å². The van der Waals surface area contributed by atoms with Crippen molar-refractivity contribution in [2.45, 2.75) is 24.9 Å². The summed E-state index contributed by atoms with van der Waals surface area (Å²) in [5, 5.41) is 7.36. The van der Waals surface area contributed by atoms with Crippen molar-refractivity contribution in [3.05, 3.63) is 94.4 Å². The van der Waals surface area contributed by atoms with Crippen molar-refractivity contribution in [3.63, 3.8) is 0 Å². The van der Waals surface area contributed by atoms with E-state index in [1.807, 2.05) is 30.3 Å². The third-order valence-corrected chi connectivity index (χ3v) is 8.41. The molecule has 5 aromatic rings. The quantitative estimate of drug-likeness (QED) is 0.123. The van der Waals surface area contributed by atoms with Crippen molar-refractivity contribution in [2.24, 2.45) is 0 Å². The second-order valence-electron chi connectivity index (χ2n) is 11.2. The molecule has 0 fully saturated rings. The molecule has 1 aliphatic rings. The van der Waals surface area contributed by atoms with E-state index in [1.54, 1.807) is 30.3 Å². The fourth-order valence-electron chi connectivity index (χ4n) is 6.08. The molecular formula is C37H37FN2O8. The second kappa shape index (κ2) is 13.6. The molecule has 0 radical (unpaired) electrons. The van der Waals surface area contributed by atoms with Crippen molar-refractivity contribution in [3.8, 4) is 45.8 Å². The predicted octanol–water partition coefficient (Wildman–Crippen LogP) is 7.58. The summed E-state index contributed by atoms with van der Waals surface area (Å²) in [6.07, 6.45) is 1.85. The van der Waals surface area contributed by atoms with Gasteiger partial charge < -0.3 is 43.5 Å². The lowest BCUT2D eigenvalue weighted by Crippen LogP contribution is -2.39. The number of methoxy groups -OCH3 is 5. The van der Waals surface area contributed by atoms with Gasteiger partial charge in [-0.05, 0) is 55.7 Å². The standard InChI is InChI=1S/C37H37FN2O8/c1-42-25-20-28(43-2)32-29(21-25)48-34(22-17-30(44-3)35(46-5)31(18-22)45-4)36(33(32)41)47-16-9-8-15-37(23-11-10-12-24(38)19-23)39-26-13-6-7-14-27(26)40-37/h6-7,10-14,17-21,39-40H,8-9,15-16H2,1-5H3. The van der Waals surface area contributed by atoms with Crippen LogP contribution < -0.4 is 44.5 Å². The first-order valence-corrected chi connectivity index (χ1v) is 15.4. The van der Waals surface area contributed by atoms with Crippen LogP contribution in [-0.2, 0) is 5.66 Å². The second-order valence-corrected chi connectivity index (χ2v) is 11.2. The topological polar surface area (TPSA) is 110 Å². The van der Waals surface area contributed by atoms with Crippen molar-refractivity contribution >= 4 is 22.3 Å². The average Bonchev–Trinajstić information content (AvgIpc) is 3.50. The van der Waals surface area contributed by atoms with Gasteiger partial charge in [0.15, 0.2) is 17.3 Å². The SMILES string of the molecule is COc1cc(OC)c2c(=O)c(OCCCCC3(c4cccc(F)c4)Nc4ccccc4N3)c(-c3cc(OC)c(OC)c(OC)c3)oc2c1. The van der Waals surface area contributed by atoms with Crippen molar-refractivity contribution in [2.75, 3.05) is 52.8 Å². The molecule has 250 valence electrons. The van der Waals surface area contributed by atoms with Gasteiger partial charge in [0, 0.05) is 23.3 Å². The van der Waals surface area contributed by atoms with Crippen LogP contribution in [-0.4, -0.2) is 42.2 Å². The molecule has 0 atom stereocenters. The first-order valence-electron chi connectivity index (χ1n) is 15.4. The van der Waals surface area contributed by atoms with E-state index in [2.05, 4.69) is 10.6 Å². The van der Waals surface area contributed by atoms with Gasteiger partial charge in [0.2, 0.25) is 16.9 Å². The van der Waals surface area contributed by atoms with Crippen molar-refractivity contribution in [1.29, 1.82) is 0 Å². The zero-order chi connectivity index (χ0) is 33.8. The Labute approximate surface area is 277 Å². The minimum Gasteiger partial charge on any atom is -0.496 e. The van der Waals surface area contributed by atoms with Gasteiger partial charge in [-0.2, -0.15) is 0 Å². The van der Waals surface area contributed by atoms with E-state index >= 15 is 0 Å². The van der Waals surface area contributed by atoms with Crippen molar-refractivity contribution in [1.82, 2.24) is 0 Å². The summed E-state index contributed by atoms with van der Waals surface area (Å²) >= 11 is 0. The average molecular weight is 657 g/mol.